The van der Waals surface area contributed by atoms with Gasteiger partial charge in [0, 0.05) is 12.1 Å². The van der Waals surface area contributed by atoms with Crippen molar-refractivity contribution >= 4 is 5.97 Å². The number of carboxylic acid groups (broad SMARTS) is 1. The summed E-state index contributed by atoms with van der Waals surface area (Å²) in [7, 11) is 0. The van der Waals surface area contributed by atoms with E-state index in [2.05, 4.69) is 9.97 Å². The molecule has 4 nitrogen and oxygen atoms in total. The molecule has 0 saturated carbocycles. The molecule has 8 heteroatoms. The molecule has 0 spiro atoms. The zero-order valence-corrected chi connectivity index (χ0v) is 9.09. The molecule has 0 fully saturated rings. The number of carboxylic acids is 1. The van der Waals surface area contributed by atoms with Gasteiger partial charge in [-0.15, -0.1) is 0 Å². The monoisotopic (exact) mass is 266 g/mol. The number of aromatic nitrogens is 2. The first-order valence-corrected chi connectivity index (χ1v) is 5.29. The van der Waals surface area contributed by atoms with Gasteiger partial charge in [-0.2, -0.15) is 8.78 Å². The summed E-state index contributed by atoms with van der Waals surface area (Å²) in [6.45, 7) is 0. The van der Waals surface area contributed by atoms with Crippen LogP contribution in [0.3, 0.4) is 0 Å². The van der Waals surface area contributed by atoms with Crippen molar-refractivity contribution in [2.24, 2.45) is 5.92 Å². The number of nitrogens with zero attached hydrogens (tertiary/aromatic N) is 1. The van der Waals surface area contributed by atoms with Crippen molar-refractivity contribution < 1.29 is 27.5 Å². The average molecular weight is 266 g/mol. The van der Waals surface area contributed by atoms with Crippen molar-refractivity contribution in [3.05, 3.63) is 17.2 Å². The number of carbonyl (C=O) groups is 1. The molecule has 2 rings (SSSR count). The predicted octanol–water partition coefficient (Wildman–Crippen LogP) is 1.96. The summed E-state index contributed by atoms with van der Waals surface area (Å²) >= 11 is 0. The van der Waals surface area contributed by atoms with Crippen LogP contribution >= 0.6 is 0 Å². The Balaban J connectivity index is 2.28. The number of alkyl halides is 4. The molecular weight excluding hydrogens is 256 g/mol. The third kappa shape index (κ3) is 2.06. The minimum absolute atomic E-state index is 0.0109. The van der Waals surface area contributed by atoms with Gasteiger partial charge in [-0.05, 0) is 12.8 Å². The molecule has 0 radical (unpaired) electrons. The third-order valence-corrected chi connectivity index (χ3v) is 2.98. The molecule has 1 unspecified atom stereocenters. The molecule has 1 aliphatic rings. The molecule has 0 saturated heterocycles. The van der Waals surface area contributed by atoms with Crippen molar-refractivity contribution in [2.75, 3.05) is 0 Å². The highest BCUT2D eigenvalue weighted by Crippen LogP contribution is 2.35. The van der Waals surface area contributed by atoms with E-state index >= 15 is 0 Å². The summed E-state index contributed by atoms with van der Waals surface area (Å²) in [6, 6.07) is 0. The lowest BCUT2D eigenvalue weighted by atomic mass is 9.90. The number of hydrogen-bond donors (Lipinski definition) is 2. The second kappa shape index (κ2) is 4.25. The highest BCUT2D eigenvalue weighted by Gasteiger charge is 2.46. The summed E-state index contributed by atoms with van der Waals surface area (Å²) in [5, 5.41) is 8.82. The van der Waals surface area contributed by atoms with Gasteiger partial charge in [0.2, 0.25) is 0 Å². The van der Waals surface area contributed by atoms with Gasteiger partial charge in [-0.3, -0.25) is 4.79 Å². The smallest absolute Gasteiger partial charge is 0.363 e. The van der Waals surface area contributed by atoms with Crippen LogP contribution in [0.1, 0.15) is 23.6 Å². The van der Waals surface area contributed by atoms with Crippen LogP contribution in [0.4, 0.5) is 17.6 Å². The number of imidazole rings is 1. The maximum absolute atomic E-state index is 13.1. The maximum atomic E-state index is 13.1. The molecule has 18 heavy (non-hydrogen) atoms. The van der Waals surface area contributed by atoms with Gasteiger partial charge in [0.25, 0.3) is 0 Å². The zero-order valence-electron chi connectivity index (χ0n) is 9.09. The third-order valence-electron chi connectivity index (χ3n) is 2.98. The van der Waals surface area contributed by atoms with E-state index in [9.17, 15) is 22.4 Å². The molecule has 100 valence electrons. The summed E-state index contributed by atoms with van der Waals surface area (Å²) < 4.78 is 50.4. The topological polar surface area (TPSA) is 66.0 Å². The molecule has 1 aromatic rings. The first-order valence-electron chi connectivity index (χ1n) is 5.29. The Morgan fingerprint density at radius 3 is 2.72 bits per heavy atom. The van der Waals surface area contributed by atoms with E-state index in [1.165, 1.54) is 0 Å². The van der Waals surface area contributed by atoms with E-state index in [0.717, 1.165) is 0 Å². The Labute approximate surface area is 99.0 Å². The first kappa shape index (κ1) is 12.8. The maximum Gasteiger partial charge on any atom is 0.363 e. The van der Waals surface area contributed by atoms with Gasteiger partial charge in [0.1, 0.15) is 0 Å². The van der Waals surface area contributed by atoms with Gasteiger partial charge in [-0.25, -0.2) is 13.8 Å². The number of halogens is 4. The van der Waals surface area contributed by atoms with Crippen LogP contribution in [0.5, 0.6) is 0 Å². The number of aryl methyl sites for hydroxylation is 1. The molecule has 2 N–H and O–H groups in total. The van der Waals surface area contributed by atoms with Gasteiger partial charge in [0.15, 0.2) is 5.82 Å². The van der Waals surface area contributed by atoms with E-state index in [1.807, 2.05) is 0 Å². The van der Waals surface area contributed by atoms with Crippen molar-refractivity contribution in [1.29, 1.82) is 0 Å². The lowest BCUT2D eigenvalue weighted by Gasteiger charge is -2.16. The predicted molar refractivity (Wildman–Crippen MR) is 51.6 cm³/mol. The average Bonchev–Trinajstić information content (AvgIpc) is 2.71. The Morgan fingerprint density at radius 1 is 1.50 bits per heavy atom. The number of hydrogen-bond acceptors (Lipinski definition) is 2. The highest BCUT2D eigenvalue weighted by atomic mass is 19.3. The van der Waals surface area contributed by atoms with Crippen LogP contribution in [-0.4, -0.2) is 27.5 Å². The van der Waals surface area contributed by atoms with E-state index in [0.29, 0.717) is 0 Å². The van der Waals surface area contributed by atoms with Crippen molar-refractivity contribution in [3.63, 3.8) is 0 Å². The number of aromatic amines is 1. The molecule has 1 aliphatic carbocycles. The van der Waals surface area contributed by atoms with Crippen LogP contribution in [0.25, 0.3) is 0 Å². The van der Waals surface area contributed by atoms with Crippen LogP contribution in [0.15, 0.2) is 0 Å². The lowest BCUT2D eigenvalue weighted by molar-refractivity contribution is -0.142. The molecular formula is C10H10F4N2O2. The Morgan fingerprint density at radius 2 is 2.17 bits per heavy atom. The van der Waals surface area contributed by atoms with Crippen LogP contribution in [0, 0.1) is 5.92 Å². The van der Waals surface area contributed by atoms with Gasteiger partial charge >= 0.3 is 18.3 Å². The summed E-state index contributed by atoms with van der Waals surface area (Å²) in [6.07, 6.45) is -3.37. The minimum atomic E-state index is -4.34. The van der Waals surface area contributed by atoms with Crippen molar-refractivity contribution in [1.82, 2.24) is 9.97 Å². The fraction of sp³-hybridized carbons (Fsp3) is 0.600. The van der Waals surface area contributed by atoms with Crippen LogP contribution in [0.2, 0.25) is 0 Å². The van der Waals surface area contributed by atoms with Gasteiger partial charge < -0.3 is 10.1 Å². The van der Waals surface area contributed by atoms with E-state index in [1.54, 1.807) is 0 Å². The normalized spacial score (nSPS) is 19.9. The van der Waals surface area contributed by atoms with Crippen LogP contribution in [-0.2, 0) is 23.6 Å². The largest absolute Gasteiger partial charge is 0.481 e. The molecule has 1 atom stereocenters. The van der Waals surface area contributed by atoms with E-state index in [4.69, 9.17) is 5.11 Å². The first-order chi connectivity index (χ1) is 8.32. The second-order valence-electron chi connectivity index (χ2n) is 4.21. The van der Waals surface area contributed by atoms with Crippen molar-refractivity contribution in [2.45, 2.75) is 31.6 Å². The Kier molecular flexibility index (Phi) is 3.04. The minimum Gasteiger partial charge on any atom is -0.481 e. The molecule has 0 aliphatic heterocycles. The summed E-state index contributed by atoms with van der Waals surface area (Å²) in [5.74, 6) is -7.15. The zero-order chi connectivity index (χ0) is 13.5. The molecule has 1 aromatic heterocycles. The van der Waals surface area contributed by atoms with Crippen LogP contribution < -0.4 is 0 Å². The fourth-order valence-corrected chi connectivity index (χ4v) is 1.95. The quantitative estimate of drug-likeness (QED) is 0.822. The standard InChI is InChI=1S/C10H10F4N2O2/c11-8(12)10(13,14)9-15-5-2-1-4(7(17)18)3-6(5)16-9/h4,8H,1-3H2,(H,15,16)(H,17,18). The number of rotatable bonds is 3. The summed E-state index contributed by atoms with van der Waals surface area (Å²) in [4.78, 5) is 16.4. The van der Waals surface area contributed by atoms with E-state index < -0.39 is 30.1 Å². The molecule has 0 bridgehead atoms. The van der Waals surface area contributed by atoms with E-state index in [-0.39, 0.29) is 30.7 Å². The van der Waals surface area contributed by atoms with Crippen molar-refractivity contribution in [3.8, 4) is 0 Å². The molecule has 0 aromatic carbocycles. The Hall–Kier alpha value is -1.60. The molecule has 1 heterocycles. The van der Waals surface area contributed by atoms with Gasteiger partial charge in [-0.1, -0.05) is 0 Å². The number of fused-ring (bicyclic) bond motifs is 1. The van der Waals surface area contributed by atoms with Gasteiger partial charge in [0.05, 0.1) is 11.6 Å². The SMILES string of the molecule is O=C(O)C1CCc2nc(C(F)(F)C(F)F)[nH]c2C1. The highest BCUT2D eigenvalue weighted by molar-refractivity contribution is 5.70. The number of nitrogens with one attached hydrogen (secondary N) is 1. The number of H-pyrrole nitrogens is 1. The Bertz CT molecular complexity index is 472. The second-order valence-corrected chi connectivity index (χ2v) is 4.21. The molecule has 0 amide bonds. The lowest BCUT2D eigenvalue weighted by Crippen LogP contribution is -2.25. The fourth-order valence-electron chi connectivity index (χ4n) is 1.95. The summed E-state index contributed by atoms with van der Waals surface area (Å²) in [5.41, 5.74) is 0.465. The number of aliphatic carboxylic acids is 1.